The monoisotopic (exact) mass is 273 g/mol. The maximum Gasteiger partial charge on any atom is 0.330 e. The quantitative estimate of drug-likeness (QED) is 0.436. The molecule has 0 aliphatic heterocycles. The molecule has 1 aromatic rings. The molecule has 0 aromatic carbocycles. The van der Waals surface area contributed by atoms with E-state index < -0.39 is 36.6 Å². The Labute approximate surface area is 109 Å². The van der Waals surface area contributed by atoms with Gasteiger partial charge in [0.2, 0.25) is 0 Å². The van der Waals surface area contributed by atoms with Crippen molar-refractivity contribution in [2.24, 2.45) is 14.1 Å². The van der Waals surface area contributed by atoms with Crippen LogP contribution in [0.2, 0.25) is 0 Å². The normalized spacial score (nSPS) is 11.8. The van der Waals surface area contributed by atoms with E-state index in [-0.39, 0.29) is 6.54 Å². The lowest BCUT2D eigenvalue weighted by Crippen LogP contribution is -2.55. The van der Waals surface area contributed by atoms with E-state index in [0.717, 1.165) is 4.57 Å². The summed E-state index contributed by atoms with van der Waals surface area (Å²) in [6.07, 6.45) is 1.38. The maximum absolute atomic E-state index is 11.8. The minimum absolute atomic E-state index is 0.0163. The molecule has 8 heteroatoms. The molecule has 0 unspecified atom stereocenters. The highest BCUT2D eigenvalue weighted by Crippen LogP contribution is 2.02. The third-order valence-corrected chi connectivity index (χ3v) is 3.08. The Morgan fingerprint density at radius 1 is 1.16 bits per heavy atom. The maximum atomic E-state index is 11.8. The molecule has 108 valence electrons. The van der Waals surface area contributed by atoms with Crippen LogP contribution in [0.5, 0.6) is 0 Å². The van der Waals surface area contributed by atoms with Gasteiger partial charge < -0.3 is 25.2 Å². The van der Waals surface area contributed by atoms with Gasteiger partial charge in [-0.25, -0.2) is 4.79 Å². The van der Waals surface area contributed by atoms with Crippen molar-refractivity contribution in [1.82, 2.24) is 14.5 Å². The molecule has 0 aliphatic carbocycles. The minimum atomic E-state index is -1.26. The van der Waals surface area contributed by atoms with Gasteiger partial charge in [-0.05, 0) is 0 Å². The summed E-state index contributed by atoms with van der Waals surface area (Å²) in [5, 5.41) is 30.2. The molecule has 0 fully saturated rings. The fourth-order valence-electron chi connectivity index (χ4n) is 1.60. The second-order valence-corrected chi connectivity index (χ2v) is 4.52. The molecular formula is C11H19N3O5. The standard InChI is InChI=1S/C11H19N3O5/c1-13-4-8(9(18)14(2)10(13)19)3-12-11(5-15,6-16)7-17/h4,12,15-17H,3,5-7H2,1-2H3. The first-order valence-electron chi connectivity index (χ1n) is 5.74. The van der Waals surface area contributed by atoms with E-state index in [1.165, 1.54) is 24.9 Å². The lowest BCUT2D eigenvalue weighted by atomic mass is 10.0. The molecular weight excluding hydrogens is 254 g/mol. The average Bonchev–Trinajstić information content (AvgIpc) is 2.43. The predicted octanol–water partition coefficient (Wildman–Crippen LogP) is -3.11. The first-order chi connectivity index (χ1) is 8.90. The van der Waals surface area contributed by atoms with Gasteiger partial charge >= 0.3 is 5.69 Å². The molecule has 1 rings (SSSR count). The van der Waals surface area contributed by atoms with Crippen molar-refractivity contribution in [1.29, 1.82) is 0 Å². The van der Waals surface area contributed by atoms with Crippen LogP contribution in [-0.2, 0) is 20.6 Å². The van der Waals surface area contributed by atoms with Crippen LogP contribution in [-0.4, -0.2) is 49.8 Å². The highest BCUT2D eigenvalue weighted by Gasteiger charge is 2.27. The number of rotatable bonds is 6. The summed E-state index contributed by atoms with van der Waals surface area (Å²) in [5.41, 5.74) is -1.87. The lowest BCUT2D eigenvalue weighted by molar-refractivity contribution is 0.0412. The smallest absolute Gasteiger partial charge is 0.330 e. The summed E-state index contributed by atoms with van der Waals surface area (Å²) in [5.74, 6) is 0. The van der Waals surface area contributed by atoms with Gasteiger partial charge in [-0.3, -0.25) is 9.36 Å². The van der Waals surface area contributed by atoms with Crippen molar-refractivity contribution in [2.75, 3.05) is 19.8 Å². The number of hydrogen-bond acceptors (Lipinski definition) is 6. The number of nitrogens with zero attached hydrogens (tertiary/aromatic N) is 2. The molecule has 0 spiro atoms. The second-order valence-electron chi connectivity index (χ2n) is 4.52. The third-order valence-electron chi connectivity index (χ3n) is 3.08. The van der Waals surface area contributed by atoms with Crippen LogP contribution in [0.15, 0.2) is 15.8 Å². The van der Waals surface area contributed by atoms with Crippen molar-refractivity contribution in [3.8, 4) is 0 Å². The van der Waals surface area contributed by atoms with Crippen LogP contribution in [0.4, 0.5) is 0 Å². The number of hydrogen-bond donors (Lipinski definition) is 4. The Morgan fingerprint density at radius 3 is 2.16 bits per heavy atom. The van der Waals surface area contributed by atoms with E-state index in [0.29, 0.717) is 5.56 Å². The van der Waals surface area contributed by atoms with Gasteiger partial charge in [0.15, 0.2) is 0 Å². The van der Waals surface area contributed by atoms with Gasteiger partial charge in [-0.2, -0.15) is 0 Å². The van der Waals surface area contributed by atoms with Crippen LogP contribution in [0.3, 0.4) is 0 Å². The zero-order valence-corrected chi connectivity index (χ0v) is 11.0. The molecule has 1 aromatic heterocycles. The van der Waals surface area contributed by atoms with Gasteiger partial charge in [-0.15, -0.1) is 0 Å². The van der Waals surface area contributed by atoms with Crippen LogP contribution < -0.4 is 16.6 Å². The fourth-order valence-corrected chi connectivity index (χ4v) is 1.60. The number of aromatic nitrogens is 2. The van der Waals surface area contributed by atoms with Crippen LogP contribution in [0, 0.1) is 0 Å². The molecule has 0 saturated heterocycles. The predicted molar refractivity (Wildman–Crippen MR) is 67.8 cm³/mol. The Balaban J connectivity index is 3.02. The van der Waals surface area contributed by atoms with E-state index in [4.69, 9.17) is 15.3 Å². The molecule has 0 bridgehead atoms. The number of aliphatic hydroxyl groups excluding tert-OH is 3. The highest BCUT2D eigenvalue weighted by atomic mass is 16.3. The van der Waals surface area contributed by atoms with Crippen LogP contribution in [0.1, 0.15) is 5.56 Å². The van der Waals surface area contributed by atoms with E-state index >= 15 is 0 Å². The summed E-state index contributed by atoms with van der Waals surface area (Å²) in [6, 6.07) is 0. The minimum Gasteiger partial charge on any atom is -0.394 e. The molecule has 0 radical (unpaired) electrons. The van der Waals surface area contributed by atoms with Gasteiger partial charge in [0.05, 0.1) is 25.4 Å². The van der Waals surface area contributed by atoms with E-state index in [2.05, 4.69) is 5.32 Å². The first kappa shape index (κ1) is 15.6. The summed E-state index contributed by atoms with van der Waals surface area (Å²) in [7, 11) is 2.88. The number of aryl methyl sites for hydroxylation is 1. The summed E-state index contributed by atoms with van der Waals surface area (Å²) < 4.78 is 2.23. The van der Waals surface area contributed by atoms with Gasteiger partial charge in [-0.1, -0.05) is 0 Å². The zero-order chi connectivity index (χ0) is 14.6. The number of nitrogens with one attached hydrogen (secondary N) is 1. The Kier molecular flexibility index (Phi) is 5.01. The van der Waals surface area contributed by atoms with E-state index in [1.807, 2.05) is 0 Å². The molecule has 0 atom stereocenters. The number of aliphatic hydroxyl groups is 3. The highest BCUT2D eigenvalue weighted by molar-refractivity contribution is 5.06. The molecule has 4 N–H and O–H groups in total. The van der Waals surface area contributed by atoms with E-state index in [9.17, 15) is 9.59 Å². The largest absolute Gasteiger partial charge is 0.394 e. The molecule has 0 amide bonds. The molecule has 0 aliphatic rings. The lowest BCUT2D eigenvalue weighted by Gasteiger charge is -2.28. The molecule has 1 heterocycles. The topological polar surface area (TPSA) is 117 Å². The van der Waals surface area contributed by atoms with Gasteiger partial charge in [0.25, 0.3) is 5.56 Å². The van der Waals surface area contributed by atoms with E-state index in [1.54, 1.807) is 0 Å². The van der Waals surface area contributed by atoms with Crippen LogP contribution in [0.25, 0.3) is 0 Å². The fraction of sp³-hybridized carbons (Fsp3) is 0.636. The SMILES string of the molecule is Cn1cc(CNC(CO)(CO)CO)c(=O)n(C)c1=O. The van der Waals surface area contributed by atoms with Crippen molar-refractivity contribution in [2.45, 2.75) is 12.1 Å². The van der Waals surface area contributed by atoms with Crippen molar-refractivity contribution in [3.05, 3.63) is 32.6 Å². The van der Waals surface area contributed by atoms with Gasteiger partial charge in [0, 0.05) is 32.4 Å². The van der Waals surface area contributed by atoms with Crippen molar-refractivity contribution < 1.29 is 15.3 Å². The summed E-state index contributed by atoms with van der Waals surface area (Å²) in [4.78, 5) is 23.3. The average molecular weight is 273 g/mol. The second kappa shape index (κ2) is 6.11. The van der Waals surface area contributed by atoms with Crippen molar-refractivity contribution >= 4 is 0 Å². The molecule has 19 heavy (non-hydrogen) atoms. The van der Waals surface area contributed by atoms with Gasteiger partial charge in [0.1, 0.15) is 0 Å². The Morgan fingerprint density at radius 2 is 1.68 bits per heavy atom. The van der Waals surface area contributed by atoms with Crippen molar-refractivity contribution in [3.63, 3.8) is 0 Å². The summed E-state index contributed by atoms with van der Waals surface area (Å²) in [6.45, 7) is -1.42. The Hall–Kier alpha value is -1.48. The summed E-state index contributed by atoms with van der Waals surface area (Å²) >= 11 is 0. The molecule has 8 nitrogen and oxygen atoms in total. The first-order valence-corrected chi connectivity index (χ1v) is 5.74. The zero-order valence-electron chi connectivity index (χ0n) is 11.0. The van der Waals surface area contributed by atoms with Crippen LogP contribution >= 0.6 is 0 Å². The third kappa shape index (κ3) is 3.10. The molecule has 0 saturated carbocycles. The Bertz CT molecular complexity index is 536.